The second-order valence-corrected chi connectivity index (χ2v) is 8.30. The van der Waals surface area contributed by atoms with Crippen molar-refractivity contribution in [1.29, 1.82) is 0 Å². The molecule has 1 aromatic carbocycles. The van der Waals surface area contributed by atoms with Crippen molar-refractivity contribution >= 4 is 10.0 Å². The summed E-state index contributed by atoms with van der Waals surface area (Å²) in [5, 5.41) is 3.43. The highest BCUT2D eigenvalue weighted by molar-refractivity contribution is 7.89. The van der Waals surface area contributed by atoms with Gasteiger partial charge in [-0.3, -0.25) is 4.57 Å². The molecular weight excluding hydrogens is 401 g/mol. The molecule has 0 amide bonds. The predicted octanol–water partition coefficient (Wildman–Crippen LogP) is 1.64. The Bertz CT molecular complexity index is 1020. The molecule has 0 N–H and O–H groups in total. The fourth-order valence-corrected chi connectivity index (χ4v) is 4.86. The molecule has 2 aromatic rings. The zero-order valence-electron chi connectivity index (χ0n) is 15.2. The molecule has 0 saturated carbocycles. The van der Waals surface area contributed by atoms with Crippen LogP contribution in [0.4, 0.5) is 13.2 Å². The highest BCUT2D eigenvalue weighted by Crippen LogP contribution is 2.31. The van der Waals surface area contributed by atoms with Crippen LogP contribution in [0, 0.1) is 0 Å². The minimum absolute atomic E-state index is 0.0188. The maximum absolute atomic E-state index is 13.0. The Labute approximate surface area is 159 Å². The van der Waals surface area contributed by atoms with E-state index in [1.807, 2.05) is 0 Å². The van der Waals surface area contributed by atoms with Crippen molar-refractivity contribution in [3.05, 3.63) is 40.6 Å². The maximum atomic E-state index is 13.0. The van der Waals surface area contributed by atoms with Crippen LogP contribution in [0.3, 0.4) is 0 Å². The summed E-state index contributed by atoms with van der Waals surface area (Å²) in [5.74, 6) is -1.07. The third-order valence-electron chi connectivity index (χ3n) is 4.71. The quantitative estimate of drug-likeness (QED) is 0.751. The maximum Gasteiger partial charge on any atom is 0.451 e. The van der Waals surface area contributed by atoms with E-state index in [1.54, 1.807) is 12.1 Å². The first-order chi connectivity index (χ1) is 13.1. The summed E-state index contributed by atoms with van der Waals surface area (Å²) in [5.41, 5.74) is -0.877. The Morgan fingerprint density at radius 3 is 2.32 bits per heavy atom. The van der Waals surface area contributed by atoms with E-state index >= 15 is 0 Å². The minimum atomic E-state index is -4.74. The molecule has 0 atom stereocenters. The Morgan fingerprint density at radius 1 is 1.18 bits per heavy atom. The predicted molar refractivity (Wildman–Crippen MR) is 92.5 cm³/mol. The fourth-order valence-electron chi connectivity index (χ4n) is 3.24. The first kappa shape index (κ1) is 20.4. The van der Waals surface area contributed by atoms with Crippen LogP contribution in [-0.2, 0) is 23.2 Å². The molecule has 1 aliphatic heterocycles. The third kappa shape index (κ3) is 3.53. The lowest BCUT2D eigenvalue weighted by atomic mass is 10.1. The van der Waals surface area contributed by atoms with Crippen LogP contribution in [0.5, 0.6) is 5.75 Å². The topological polar surface area (TPSA) is 86.4 Å². The molecule has 1 aromatic heterocycles. The van der Waals surface area contributed by atoms with Crippen molar-refractivity contribution in [1.82, 2.24) is 18.7 Å². The molecule has 1 aliphatic rings. The molecular formula is C16H19F3N4O4S. The van der Waals surface area contributed by atoms with E-state index in [9.17, 15) is 26.4 Å². The van der Waals surface area contributed by atoms with E-state index in [2.05, 4.69) is 5.10 Å². The average Bonchev–Trinajstić information content (AvgIpc) is 2.97. The summed E-state index contributed by atoms with van der Waals surface area (Å²) in [4.78, 5) is 12.2. The Balaban J connectivity index is 1.81. The smallest absolute Gasteiger partial charge is 0.451 e. The number of aromatic nitrogens is 3. The van der Waals surface area contributed by atoms with Crippen LogP contribution < -0.4 is 10.4 Å². The number of sulfonamides is 1. The van der Waals surface area contributed by atoms with Gasteiger partial charge in [-0.05, 0) is 25.0 Å². The Hall–Kier alpha value is -2.34. The van der Waals surface area contributed by atoms with Gasteiger partial charge in [-0.25, -0.2) is 17.9 Å². The van der Waals surface area contributed by atoms with E-state index in [0.717, 1.165) is 11.7 Å². The molecule has 1 saturated heterocycles. The molecule has 28 heavy (non-hydrogen) atoms. The van der Waals surface area contributed by atoms with Gasteiger partial charge in [0.25, 0.3) is 0 Å². The number of para-hydroxylation sites is 1. The number of halogens is 3. The Morgan fingerprint density at radius 2 is 1.79 bits per heavy atom. The summed E-state index contributed by atoms with van der Waals surface area (Å²) in [6.07, 6.45) is -4.40. The molecule has 8 nitrogen and oxygen atoms in total. The first-order valence-electron chi connectivity index (χ1n) is 8.43. The molecule has 0 bridgehead atoms. The highest BCUT2D eigenvalue weighted by Gasteiger charge is 2.39. The van der Waals surface area contributed by atoms with Gasteiger partial charge in [-0.1, -0.05) is 12.1 Å². The summed E-state index contributed by atoms with van der Waals surface area (Å²) >= 11 is 0. The first-order valence-corrected chi connectivity index (χ1v) is 9.87. The van der Waals surface area contributed by atoms with Crippen molar-refractivity contribution in [3.63, 3.8) is 0 Å². The lowest BCUT2D eigenvalue weighted by Gasteiger charge is -2.31. The molecule has 0 radical (unpaired) electrons. The van der Waals surface area contributed by atoms with Gasteiger partial charge in [0.05, 0.1) is 13.2 Å². The van der Waals surface area contributed by atoms with Crippen LogP contribution in [-0.4, -0.2) is 47.3 Å². The van der Waals surface area contributed by atoms with Crippen molar-refractivity contribution < 1.29 is 26.3 Å². The van der Waals surface area contributed by atoms with E-state index in [1.165, 1.54) is 23.5 Å². The van der Waals surface area contributed by atoms with Gasteiger partial charge in [-0.2, -0.15) is 17.5 Å². The van der Waals surface area contributed by atoms with Gasteiger partial charge in [0, 0.05) is 20.1 Å². The average molecular weight is 420 g/mol. The number of nitrogens with zero attached hydrogens (tertiary/aromatic N) is 4. The van der Waals surface area contributed by atoms with Crippen LogP contribution >= 0.6 is 0 Å². The van der Waals surface area contributed by atoms with E-state index in [4.69, 9.17) is 4.74 Å². The molecule has 12 heteroatoms. The third-order valence-corrected chi connectivity index (χ3v) is 6.65. The van der Waals surface area contributed by atoms with Crippen molar-refractivity contribution in [3.8, 4) is 5.75 Å². The fraction of sp³-hybridized carbons (Fsp3) is 0.500. The van der Waals surface area contributed by atoms with Crippen molar-refractivity contribution in [2.45, 2.75) is 30.0 Å². The molecule has 0 unspecified atom stereocenters. The Kier molecular flexibility index (Phi) is 5.28. The van der Waals surface area contributed by atoms with E-state index < -0.39 is 33.8 Å². The van der Waals surface area contributed by atoms with Gasteiger partial charge in [0.1, 0.15) is 10.6 Å². The number of rotatable bonds is 4. The van der Waals surface area contributed by atoms with E-state index in [0.29, 0.717) is 4.57 Å². The molecule has 2 heterocycles. The molecule has 1 fully saturated rings. The minimum Gasteiger partial charge on any atom is -0.495 e. The monoisotopic (exact) mass is 420 g/mol. The van der Waals surface area contributed by atoms with Crippen LogP contribution in [0.2, 0.25) is 0 Å². The zero-order chi connectivity index (χ0) is 20.7. The zero-order valence-corrected chi connectivity index (χ0v) is 16.0. The summed E-state index contributed by atoms with van der Waals surface area (Å²) in [6, 6.07) is 5.58. The second kappa shape index (κ2) is 7.24. The van der Waals surface area contributed by atoms with Crippen LogP contribution in [0.1, 0.15) is 24.7 Å². The van der Waals surface area contributed by atoms with Gasteiger partial charge in [0.15, 0.2) is 0 Å². The summed E-state index contributed by atoms with van der Waals surface area (Å²) in [7, 11) is -1.45. The van der Waals surface area contributed by atoms with Crippen molar-refractivity contribution in [2.75, 3.05) is 20.2 Å². The molecule has 0 aliphatic carbocycles. The lowest BCUT2D eigenvalue weighted by molar-refractivity contribution is -0.147. The standard InChI is InChI=1S/C16H19F3N4O4S/c1-21-14(16(17,18)19)20-23(15(21)24)11-7-9-22(10-8-11)28(25,26)13-6-4-3-5-12(13)27-2/h3-6,11H,7-10H2,1-2H3. The lowest BCUT2D eigenvalue weighted by Crippen LogP contribution is -2.41. The molecule has 154 valence electrons. The molecule has 0 spiro atoms. The summed E-state index contributed by atoms with van der Waals surface area (Å²) in [6.45, 7) is 0.102. The number of methoxy groups -OCH3 is 1. The van der Waals surface area contributed by atoms with Crippen LogP contribution in [0.25, 0.3) is 0 Å². The number of alkyl halides is 3. The molecule has 3 rings (SSSR count). The number of piperidine rings is 1. The summed E-state index contributed by atoms with van der Waals surface area (Å²) < 4.78 is 72.2. The number of benzene rings is 1. The largest absolute Gasteiger partial charge is 0.495 e. The van der Waals surface area contributed by atoms with Crippen molar-refractivity contribution in [2.24, 2.45) is 7.05 Å². The number of ether oxygens (including phenoxy) is 1. The van der Waals surface area contributed by atoms with Gasteiger partial charge in [-0.15, -0.1) is 5.10 Å². The van der Waals surface area contributed by atoms with Crippen LogP contribution in [0.15, 0.2) is 34.0 Å². The normalized spacial score (nSPS) is 17.0. The highest BCUT2D eigenvalue weighted by atomic mass is 32.2. The van der Waals surface area contributed by atoms with Gasteiger partial charge in [0.2, 0.25) is 15.8 Å². The SMILES string of the molecule is COc1ccccc1S(=O)(=O)N1CCC(n2nc(C(F)(F)F)n(C)c2=O)CC1. The van der Waals surface area contributed by atoms with E-state index in [-0.39, 0.29) is 36.6 Å². The number of hydrogen-bond acceptors (Lipinski definition) is 5. The second-order valence-electron chi connectivity index (χ2n) is 6.39. The number of hydrogen-bond donors (Lipinski definition) is 0. The van der Waals surface area contributed by atoms with Gasteiger partial charge < -0.3 is 4.74 Å². The van der Waals surface area contributed by atoms with Gasteiger partial charge >= 0.3 is 11.9 Å².